The number of nitriles is 1. The molecule has 0 aliphatic rings. The van der Waals surface area contributed by atoms with Crippen LogP contribution in [0.3, 0.4) is 0 Å². The first-order chi connectivity index (χ1) is 12.3. The lowest BCUT2D eigenvalue weighted by molar-refractivity contribution is 0.914. The predicted octanol–water partition coefficient (Wildman–Crippen LogP) is 5.96. The van der Waals surface area contributed by atoms with Crippen molar-refractivity contribution < 1.29 is 0 Å². The minimum atomic E-state index is 0.699. The van der Waals surface area contributed by atoms with Gasteiger partial charge in [-0.3, -0.25) is 0 Å². The van der Waals surface area contributed by atoms with E-state index in [0.717, 1.165) is 24.8 Å². The Balaban J connectivity index is 1.61. The Morgan fingerprint density at radius 3 is 1.44 bits per heavy atom. The minimum Gasteiger partial charge on any atom is -0.192 e. The molecule has 0 aliphatic heterocycles. The summed E-state index contributed by atoms with van der Waals surface area (Å²) < 4.78 is 0. The molecule has 1 heteroatoms. The molecule has 0 radical (unpaired) electrons. The lowest BCUT2D eigenvalue weighted by Gasteiger charge is -2.06. The van der Waals surface area contributed by atoms with E-state index >= 15 is 0 Å². The van der Waals surface area contributed by atoms with Gasteiger partial charge < -0.3 is 0 Å². The van der Waals surface area contributed by atoms with Crippen LogP contribution < -0.4 is 0 Å². The van der Waals surface area contributed by atoms with E-state index < -0.39 is 0 Å². The Labute approximate surface area is 150 Å². The Kier molecular flexibility index (Phi) is 5.65. The quantitative estimate of drug-likeness (QED) is 0.548. The van der Waals surface area contributed by atoms with Gasteiger partial charge in [0.2, 0.25) is 0 Å². The summed E-state index contributed by atoms with van der Waals surface area (Å²) in [7, 11) is 0. The van der Waals surface area contributed by atoms with Crippen LogP contribution >= 0.6 is 0 Å². The fourth-order valence-corrected chi connectivity index (χ4v) is 3.05. The molecule has 0 unspecified atom stereocenters. The first-order valence-corrected chi connectivity index (χ1v) is 8.96. The van der Waals surface area contributed by atoms with Crippen LogP contribution in [0.1, 0.15) is 35.6 Å². The summed E-state index contributed by atoms with van der Waals surface area (Å²) in [6.07, 6.45) is 4.49. The van der Waals surface area contributed by atoms with Crippen LogP contribution in [-0.2, 0) is 19.3 Å². The summed E-state index contributed by atoms with van der Waals surface area (Å²) in [4.78, 5) is 0. The second-order valence-corrected chi connectivity index (χ2v) is 6.45. The third-order valence-electron chi connectivity index (χ3n) is 4.57. The van der Waals surface area contributed by atoms with Gasteiger partial charge in [0, 0.05) is 0 Å². The lowest BCUT2D eigenvalue weighted by atomic mass is 9.99. The molecule has 0 fully saturated rings. The van der Waals surface area contributed by atoms with Gasteiger partial charge in [0.05, 0.1) is 11.6 Å². The number of hydrogen-bond donors (Lipinski definition) is 0. The second-order valence-electron chi connectivity index (χ2n) is 6.45. The highest BCUT2D eigenvalue weighted by atomic mass is 14.2. The van der Waals surface area contributed by atoms with Crippen LogP contribution in [0.2, 0.25) is 0 Å². The van der Waals surface area contributed by atoms with Crippen molar-refractivity contribution in [2.45, 2.75) is 32.6 Å². The van der Waals surface area contributed by atoms with Gasteiger partial charge in [-0.2, -0.15) is 5.26 Å². The van der Waals surface area contributed by atoms with Crippen LogP contribution in [-0.4, -0.2) is 0 Å². The normalized spacial score (nSPS) is 10.4. The van der Waals surface area contributed by atoms with Gasteiger partial charge in [0.15, 0.2) is 0 Å². The third kappa shape index (κ3) is 4.58. The molecular formula is C24H23N. The molecule has 3 rings (SSSR count). The molecule has 0 atom stereocenters. The van der Waals surface area contributed by atoms with E-state index in [1.807, 2.05) is 24.3 Å². The average molecular weight is 325 g/mol. The maximum atomic E-state index is 8.88. The molecule has 0 spiro atoms. The van der Waals surface area contributed by atoms with Crippen LogP contribution in [0.25, 0.3) is 11.1 Å². The van der Waals surface area contributed by atoms with Crippen molar-refractivity contribution in [3.8, 4) is 17.2 Å². The Bertz CT molecular complexity index is 835. The summed E-state index contributed by atoms with van der Waals surface area (Å²) in [5.41, 5.74) is 7.23. The van der Waals surface area contributed by atoms with E-state index in [1.165, 1.54) is 28.7 Å². The van der Waals surface area contributed by atoms with Crippen LogP contribution in [0, 0.1) is 11.3 Å². The highest BCUT2D eigenvalue weighted by molar-refractivity contribution is 5.64. The number of nitrogens with zero attached hydrogens (tertiary/aromatic N) is 1. The van der Waals surface area contributed by atoms with E-state index in [-0.39, 0.29) is 0 Å². The van der Waals surface area contributed by atoms with Crippen molar-refractivity contribution in [2.75, 3.05) is 0 Å². The van der Waals surface area contributed by atoms with Gasteiger partial charge in [0.25, 0.3) is 0 Å². The predicted molar refractivity (Wildman–Crippen MR) is 104 cm³/mol. The summed E-state index contributed by atoms with van der Waals surface area (Å²) in [5.74, 6) is 0. The summed E-state index contributed by atoms with van der Waals surface area (Å²) >= 11 is 0. The Morgan fingerprint density at radius 2 is 1.00 bits per heavy atom. The molecule has 0 aliphatic carbocycles. The molecule has 0 heterocycles. The summed E-state index contributed by atoms with van der Waals surface area (Å²) in [6, 6.07) is 27.7. The molecular weight excluding hydrogens is 302 g/mol. The average Bonchev–Trinajstić information content (AvgIpc) is 2.68. The second kappa shape index (κ2) is 8.31. The molecule has 25 heavy (non-hydrogen) atoms. The van der Waals surface area contributed by atoms with E-state index in [4.69, 9.17) is 5.26 Å². The SMILES string of the molecule is CCCc1ccc(CCc2ccc(-c3ccc(C#N)cc3)cc2)cc1. The first-order valence-electron chi connectivity index (χ1n) is 8.96. The third-order valence-corrected chi connectivity index (χ3v) is 4.57. The Hall–Kier alpha value is -2.85. The van der Waals surface area contributed by atoms with Crippen LogP contribution in [0.5, 0.6) is 0 Å². The van der Waals surface area contributed by atoms with Gasteiger partial charge in [-0.15, -0.1) is 0 Å². The minimum absolute atomic E-state index is 0.699. The highest BCUT2D eigenvalue weighted by Crippen LogP contribution is 2.21. The maximum Gasteiger partial charge on any atom is 0.0991 e. The lowest BCUT2D eigenvalue weighted by Crippen LogP contribution is -1.92. The molecule has 1 nitrogen and oxygen atoms in total. The number of aryl methyl sites for hydroxylation is 3. The first kappa shape index (κ1) is 17.0. The highest BCUT2D eigenvalue weighted by Gasteiger charge is 2.00. The van der Waals surface area contributed by atoms with E-state index in [9.17, 15) is 0 Å². The van der Waals surface area contributed by atoms with E-state index in [1.54, 1.807) is 0 Å². The standard InChI is InChI=1S/C24H23N/c1-2-3-19-4-6-20(7-5-19)8-9-21-10-14-23(15-11-21)24-16-12-22(18-25)13-17-24/h4-7,10-17H,2-3,8-9H2,1H3. The van der Waals surface area contributed by atoms with Crippen molar-refractivity contribution in [2.24, 2.45) is 0 Å². The van der Waals surface area contributed by atoms with Crippen molar-refractivity contribution in [1.29, 1.82) is 5.26 Å². The molecule has 0 saturated carbocycles. The van der Waals surface area contributed by atoms with Crippen LogP contribution in [0.4, 0.5) is 0 Å². The van der Waals surface area contributed by atoms with Gasteiger partial charge in [-0.05, 0) is 59.2 Å². The van der Waals surface area contributed by atoms with Crippen molar-refractivity contribution in [3.05, 3.63) is 95.1 Å². The van der Waals surface area contributed by atoms with Gasteiger partial charge in [-0.25, -0.2) is 0 Å². The summed E-state index contributed by atoms with van der Waals surface area (Å²) in [6.45, 7) is 2.22. The monoisotopic (exact) mass is 325 g/mol. The van der Waals surface area contributed by atoms with E-state index in [0.29, 0.717) is 5.56 Å². The molecule has 3 aromatic rings. The molecule has 0 saturated heterocycles. The van der Waals surface area contributed by atoms with Gasteiger partial charge in [0.1, 0.15) is 0 Å². The zero-order valence-electron chi connectivity index (χ0n) is 14.7. The smallest absolute Gasteiger partial charge is 0.0991 e. The largest absolute Gasteiger partial charge is 0.192 e. The topological polar surface area (TPSA) is 23.8 Å². The molecule has 0 bridgehead atoms. The molecule has 0 amide bonds. The van der Waals surface area contributed by atoms with Crippen molar-refractivity contribution in [3.63, 3.8) is 0 Å². The summed E-state index contributed by atoms with van der Waals surface area (Å²) in [5, 5.41) is 8.88. The molecule has 3 aromatic carbocycles. The van der Waals surface area contributed by atoms with Gasteiger partial charge in [-0.1, -0.05) is 74.0 Å². The van der Waals surface area contributed by atoms with Crippen molar-refractivity contribution >= 4 is 0 Å². The fraction of sp³-hybridized carbons (Fsp3) is 0.208. The molecule has 124 valence electrons. The zero-order valence-corrected chi connectivity index (χ0v) is 14.7. The Morgan fingerprint density at radius 1 is 0.600 bits per heavy atom. The van der Waals surface area contributed by atoms with Crippen molar-refractivity contribution in [1.82, 2.24) is 0 Å². The zero-order chi connectivity index (χ0) is 17.5. The van der Waals surface area contributed by atoms with Crippen LogP contribution in [0.15, 0.2) is 72.8 Å². The molecule has 0 N–H and O–H groups in total. The molecule has 0 aromatic heterocycles. The fourth-order valence-electron chi connectivity index (χ4n) is 3.05. The number of rotatable bonds is 6. The van der Waals surface area contributed by atoms with Gasteiger partial charge >= 0.3 is 0 Å². The number of hydrogen-bond acceptors (Lipinski definition) is 1. The maximum absolute atomic E-state index is 8.88. The number of benzene rings is 3. The van der Waals surface area contributed by atoms with E-state index in [2.05, 4.69) is 61.5 Å².